The van der Waals surface area contributed by atoms with E-state index >= 15 is 0 Å². The maximum atomic E-state index is 14.1. The lowest BCUT2D eigenvalue weighted by atomic mass is 9.75. The molecule has 0 radical (unpaired) electrons. The van der Waals surface area contributed by atoms with Crippen LogP contribution in [0.4, 0.5) is 0 Å². The number of piperazine rings is 1. The maximum Gasteiger partial charge on any atom is 0.244 e. The smallest absolute Gasteiger partial charge is 0.244 e. The highest BCUT2D eigenvalue weighted by Crippen LogP contribution is 2.43. The fourth-order valence-corrected chi connectivity index (χ4v) is 7.96. The number of hydrogen-bond donors (Lipinski definition) is 0. The number of aromatic nitrogens is 1. The van der Waals surface area contributed by atoms with E-state index < -0.39 is 15.6 Å². The van der Waals surface area contributed by atoms with Gasteiger partial charge in [0.25, 0.3) is 0 Å². The van der Waals surface area contributed by atoms with E-state index in [4.69, 9.17) is 0 Å². The number of benzene rings is 4. The first-order valence-corrected chi connectivity index (χ1v) is 14.7. The summed E-state index contributed by atoms with van der Waals surface area (Å²) in [6.45, 7) is 3.56. The summed E-state index contributed by atoms with van der Waals surface area (Å²) in [5.74, 6) is 0. The molecule has 6 heteroatoms. The van der Waals surface area contributed by atoms with Crippen molar-refractivity contribution in [2.75, 3.05) is 19.6 Å². The molecule has 1 atom stereocenters. The van der Waals surface area contributed by atoms with Gasteiger partial charge >= 0.3 is 0 Å². The van der Waals surface area contributed by atoms with Crippen molar-refractivity contribution in [2.24, 2.45) is 0 Å². The number of rotatable bonds is 6. The summed E-state index contributed by atoms with van der Waals surface area (Å²) in [7, 11) is -3.72. The number of fused-ring (bicyclic) bond motifs is 1. The Morgan fingerprint density at radius 1 is 0.718 bits per heavy atom. The summed E-state index contributed by atoms with van der Waals surface area (Å²) < 4.78 is 29.8. The first-order chi connectivity index (χ1) is 19.0. The summed E-state index contributed by atoms with van der Waals surface area (Å²) in [4.78, 5) is 6.96. The minimum Gasteiger partial charge on any atom is -0.283 e. The topological polar surface area (TPSA) is 53.5 Å². The first-order valence-electron chi connectivity index (χ1n) is 13.3. The van der Waals surface area contributed by atoms with Gasteiger partial charge in [0, 0.05) is 48.8 Å². The summed E-state index contributed by atoms with van der Waals surface area (Å²) in [5.41, 5.74) is 2.91. The van der Waals surface area contributed by atoms with Crippen molar-refractivity contribution in [1.29, 1.82) is 0 Å². The van der Waals surface area contributed by atoms with Crippen molar-refractivity contribution < 1.29 is 8.42 Å². The van der Waals surface area contributed by atoms with Crippen LogP contribution in [0.15, 0.2) is 133 Å². The lowest BCUT2D eigenvalue weighted by Gasteiger charge is -2.50. The van der Waals surface area contributed by atoms with E-state index in [0.29, 0.717) is 29.9 Å². The third-order valence-electron chi connectivity index (χ3n) is 7.84. The molecule has 6 rings (SSSR count). The van der Waals surface area contributed by atoms with Crippen molar-refractivity contribution in [2.45, 2.75) is 23.4 Å². The van der Waals surface area contributed by atoms with E-state index in [1.54, 1.807) is 34.9 Å². The molecule has 2 heterocycles. The van der Waals surface area contributed by atoms with Crippen molar-refractivity contribution in [3.05, 3.63) is 144 Å². The van der Waals surface area contributed by atoms with Crippen LogP contribution in [0.2, 0.25) is 0 Å². The van der Waals surface area contributed by atoms with Crippen LogP contribution in [0, 0.1) is 0 Å². The van der Waals surface area contributed by atoms with Crippen molar-refractivity contribution >= 4 is 20.8 Å². The molecular weight excluding hydrogens is 502 g/mol. The van der Waals surface area contributed by atoms with Gasteiger partial charge < -0.3 is 0 Å². The van der Waals surface area contributed by atoms with Crippen LogP contribution in [0.25, 0.3) is 10.8 Å². The largest absolute Gasteiger partial charge is 0.283 e. The van der Waals surface area contributed by atoms with Crippen molar-refractivity contribution in [1.82, 2.24) is 14.2 Å². The molecule has 196 valence electrons. The van der Waals surface area contributed by atoms with Gasteiger partial charge in [0.1, 0.15) is 0 Å². The highest BCUT2D eigenvalue weighted by Gasteiger charge is 2.46. The minimum absolute atomic E-state index is 0.239. The fraction of sp³-hybridized carbons (Fsp3) is 0.182. The fourth-order valence-electron chi connectivity index (χ4n) is 6.13. The van der Waals surface area contributed by atoms with Crippen LogP contribution in [0.1, 0.15) is 23.6 Å². The molecular formula is C33H31N3O2S. The Morgan fingerprint density at radius 2 is 1.28 bits per heavy atom. The lowest BCUT2D eigenvalue weighted by molar-refractivity contribution is 0.0767. The van der Waals surface area contributed by atoms with Gasteiger partial charge in [-0.2, -0.15) is 4.31 Å². The van der Waals surface area contributed by atoms with E-state index in [9.17, 15) is 8.42 Å². The van der Waals surface area contributed by atoms with Gasteiger partial charge in [-0.1, -0.05) is 103 Å². The molecule has 0 spiro atoms. The van der Waals surface area contributed by atoms with Crippen LogP contribution in [-0.2, 0) is 15.6 Å². The first kappa shape index (κ1) is 25.4. The normalized spacial score (nSPS) is 17.3. The Kier molecular flexibility index (Phi) is 6.77. The summed E-state index contributed by atoms with van der Waals surface area (Å²) >= 11 is 0. The molecule has 0 bridgehead atoms. The maximum absolute atomic E-state index is 14.1. The van der Waals surface area contributed by atoms with E-state index in [0.717, 1.165) is 22.1 Å². The molecule has 1 aliphatic rings. The molecule has 0 amide bonds. The highest BCUT2D eigenvalue weighted by molar-refractivity contribution is 7.89. The summed E-state index contributed by atoms with van der Waals surface area (Å²) in [5, 5.41) is 1.52. The van der Waals surface area contributed by atoms with Crippen LogP contribution in [0.5, 0.6) is 0 Å². The second-order valence-corrected chi connectivity index (χ2v) is 11.9. The molecule has 5 aromatic rings. The zero-order valence-corrected chi connectivity index (χ0v) is 22.7. The quantitative estimate of drug-likeness (QED) is 0.254. The van der Waals surface area contributed by atoms with E-state index in [1.165, 1.54) is 0 Å². The average molecular weight is 534 g/mol. The van der Waals surface area contributed by atoms with Gasteiger partial charge in [-0.3, -0.25) is 9.88 Å². The molecule has 0 aliphatic carbocycles. The number of nitrogens with zero attached hydrogens (tertiary/aromatic N) is 3. The molecule has 1 aromatic heterocycles. The molecule has 1 aliphatic heterocycles. The van der Waals surface area contributed by atoms with E-state index in [-0.39, 0.29) is 6.04 Å². The molecule has 5 nitrogen and oxygen atoms in total. The van der Waals surface area contributed by atoms with Gasteiger partial charge in [0.05, 0.1) is 10.4 Å². The number of pyridine rings is 1. The van der Waals surface area contributed by atoms with E-state index in [1.807, 2.05) is 31.2 Å². The minimum atomic E-state index is -3.72. The Morgan fingerprint density at radius 3 is 1.82 bits per heavy atom. The molecule has 4 aromatic carbocycles. The Balaban J connectivity index is 1.44. The van der Waals surface area contributed by atoms with Crippen molar-refractivity contribution in [3.63, 3.8) is 0 Å². The monoisotopic (exact) mass is 533 g/mol. The van der Waals surface area contributed by atoms with Crippen LogP contribution < -0.4 is 0 Å². The predicted molar refractivity (Wildman–Crippen MR) is 156 cm³/mol. The summed E-state index contributed by atoms with van der Waals surface area (Å²) in [6, 6.07) is 38.6. The SMILES string of the molecule is CC1CN(C(c2ccccc2)(c2ccccc2)c2ccccc2)CCN1S(=O)(=O)c1cccc2cnccc12. The number of sulfonamides is 1. The third-order valence-corrected chi connectivity index (χ3v) is 9.91. The molecule has 1 fully saturated rings. The average Bonchev–Trinajstić information content (AvgIpc) is 2.99. The highest BCUT2D eigenvalue weighted by atomic mass is 32.2. The third kappa shape index (κ3) is 4.35. The Bertz CT molecular complexity index is 1570. The van der Waals surface area contributed by atoms with Crippen LogP contribution in [-0.4, -0.2) is 48.3 Å². The Hall–Kier alpha value is -3.84. The van der Waals surface area contributed by atoms with Crippen LogP contribution in [0.3, 0.4) is 0 Å². The summed E-state index contributed by atoms with van der Waals surface area (Å²) in [6.07, 6.45) is 3.36. The predicted octanol–water partition coefficient (Wildman–Crippen LogP) is 5.92. The van der Waals surface area contributed by atoms with Gasteiger partial charge in [-0.25, -0.2) is 8.42 Å². The molecule has 0 N–H and O–H groups in total. The van der Waals surface area contributed by atoms with Crippen molar-refractivity contribution in [3.8, 4) is 0 Å². The number of hydrogen-bond acceptors (Lipinski definition) is 4. The standard InChI is InChI=1S/C33H31N3O2S/c1-26-25-35(22-23-36(26)39(37,38)32-19-11-12-27-24-34-21-20-31(27)32)33(28-13-5-2-6-14-28,29-15-7-3-8-16-29)30-17-9-4-10-18-30/h2-21,24,26H,22-23,25H2,1H3. The second-order valence-electron chi connectivity index (χ2n) is 10.1. The molecule has 1 unspecified atom stereocenters. The van der Waals surface area contributed by atoms with Gasteiger partial charge in [0.15, 0.2) is 0 Å². The van der Waals surface area contributed by atoms with E-state index in [2.05, 4.69) is 82.7 Å². The molecule has 1 saturated heterocycles. The Labute approximate surface area is 230 Å². The van der Waals surface area contributed by atoms with Crippen LogP contribution >= 0.6 is 0 Å². The van der Waals surface area contributed by atoms with Gasteiger partial charge in [0.2, 0.25) is 10.0 Å². The molecule has 39 heavy (non-hydrogen) atoms. The van der Waals surface area contributed by atoms with Gasteiger partial charge in [-0.15, -0.1) is 0 Å². The zero-order valence-electron chi connectivity index (χ0n) is 21.9. The lowest BCUT2D eigenvalue weighted by Crippen LogP contribution is -2.60. The van der Waals surface area contributed by atoms with Gasteiger partial charge in [-0.05, 0) is 35.7 Å². The molecule has 0 saturated carbocycles. The zero-order chi connectivity index (χ0) is 26.9. The second kappa shape index (κ2) is 10.4.